The molecule has 2 unspecified atom stereocenters. The molecule has 0 amide bonds. The fourth-order valence-electron chi connectivity index (χ4n) is 3.71. The van der Waals surface area contributed by atoms with Crippen molar-refractivity contribution in [3.8, 4) is 0 Å². The molecule has 0 aromatic heterocycles. The average Bonchev–Trinajstić information content (AvgIpc) is 2.74. The van der Waals surface area contributed by atoms with Crippen LogP contribution in [0.25, 0.3) is 0 Å². The highest BCUT2D eigenvalue weighted by atomic mass is 16.6. The van der Waals surface area contributed by atoms with E-state index in [2.05, 4.69) is 41.5 Å². The van der Waals surface area contributed by atoms with Crippen LogP contribution >= 0.6 is 0 Å². The third-order valence-corrected chi connectivity index (χ3v) is 5.10. The molecule has 0 radical (unpaired) electrons. The standard InChI is InChI=1S/C19H30O2/c1-18(2,3)12-11-13(19(4,5)6)17-16(12)20-14-9-7-8-10-15(14)21-17/h14-15H,7-11H2,1-6H3. The highest BCUT2D eigenvalue weighted by molar-refractivity contribution is 5.46. The van der Waals surface area contributed by atoms with Gasteiger partial charge in [-0.05, 0) is 54.1 Å². The van der Waals surface area contributed by atoms with E-state index in [4.69, 9.17) is 9.47 Å². The van der Waals surface area contributed by atoms with Crippen LogP contribution in [0.15, 0.2) is 22.7 Å². The van der Waals surface area contributed by atoms with Gasteiger partial charge in [-0.1, -0.05) is 41.5 Å². The predicted molar refractivity (Wildman–Crippen MR) is 85.8 cm³/mol. The zero-order valence-electron chi connectivity index (χ0n) is 14.5. The van der Waals surface area contributed by atoms with E-state index in [-0.39, 0.29) is 23.0 Å². The number of allylic oxidation sites excluding steroid dienone is 2. The number of hydrogen-bond acceptors (Lipinski definition) is 2. The molecule has 21 heavy (non-hydrogen) atoms. The van der Waals surface area contributed by atoms with Crippen molar-refractivity contribution >= 4 is 0 Å². The molecule has 3 rings (SSSR count). The van der Waals surface area contributed by atoms with Crippen LogP contribution in [0.4, 0.5) is 0 Å². The Balaban J connectivity index is 2.02. The van der Waals surface area contributed by atoms with E-state index in [0.29, 0.717) is 0 Å². The van der Waals surface area contributed by atoms with Crippen LogP contribution in [-0.4, -0.2) is 12.2 Å². The Bertz CT molecular complexity index is 451. The van der Waals surface area contributed by atoms with Crippen molar-refractivity contribution in [1.29, 1.82) is 0 Å². The van der Waals surface area contributed by atoms with Crippen molar-refractivity contribution in [2.75, 3.05) is 0 Å². The van der Waals surface area contributed by atoms with E-state index in [1.54, 1.807) is 0 Å². The summed E-state index contributed by atoms with van der Waals surface area (Å²) in [5, 5.41) is 0. The van der Waals surface area contributed by atoms with Gasteiger partial charge < -0.3 is 9.47 Å². The summed E-state index contributed by atoms with van der Waals surface area (Å²) in [5.41, 5.74) is 3.12. The summed E-state index contributed by atoms with van der Waals surface area (Å²) in [5.74, 6) is 2.16. The first-order valence-electron chi connectivity index (χ1n) is 8.49. The van der Waals surface area contributed by atoms with Crippen LogP contribution in [0.5, 0.6) is 0 Å². The van der Waals surface area contributed by atoms with Crippen LogP contribution in [0.2, 0.25) is 0 Å². The molecule has 118 valence electrons. The third kappa shape index (κ3) is 2.62. The number of ether oxygens (including phenoxy) is 2. The van der Waals surface area contributed by atoms with E-state index < -0.39 is 0 Å². The maximum atomic E-state index is 6.48. The number of fused-ring (bicyclic) bond motifs is 2. The monoisotopic (exact) mass is 290 g/mol. The largest absolute Gasteiger partial charge is 0.483 e. The van der Waals surface area contributed by atoms with Gasteiger partial charge in [0.25, 0.3) is 0 Å². The lowest BCUT2D eigenvalue weighted by Crippen LogP contribution is -2.39. The summed E-state index contributed by atoms with van der Waals surface area (Å²) < 4.78 is 13.0. The highest BCUT2D eigenvalue weighted by Crippen LogP contribution is 2.51. The summed E-state index contributed by atoms with van der Waals surface area (Å²) in [6, 6.07) is 0. The highest BCUT2D eigenvalue weighted by Gasteiger charge is 2.44. The molecular weight excluding hydrogens is 260 g/mol. The Hall–Kier alpha value is -0.920. The predicted octanol–water partition coefficient (Wildman–Crippen LogP) is 5.35. The molecule has 0 aromatic carbocycles. The Morgan fingerprint density at radius 3 is 1.43 bits per heavy atom. The summed E-state index contributed by atoms with van der Waals surface area (Å²) >= 11 is 0. The maximum Gasteiger partial charge on any atom is 0.161 e. The molecule has 2 atom stereocenters. The fraction of sp³-hybridized carbons (Fsp3) is 0.789. The summed E-state index contributed by atoms with van der Waals surface area (Å²) in [6.07, 6.45) is 6.38. The summed E-state index contributed by atoms with van der Waals surface area (Å²) in [7, 11) is 0. The van der Waals surface area contributed by atoms with Gasteiger partial charge in [-0.15, -0.1) is 0 Å². The molecule has 2 fully saturated rings. The molecule has 0 spiro atoms. The Kier molecular flexibility index (Phi) is 3.42. The lowest BCUT2D eigenvalue weighted by Gasteiger charge is -2.39. The topological polar surface area (TPSA) is 18.5 Å². The summed E-state index contributed by atoms with van der Waals surface area (Å²) in [6.45, 7) is 13.7. The number of hydrogen-bond donors (Lipinski definition) is 0. The van der Waals surface area contributed by atoms with Crippen molar-refractivity contribution < 1.29 is 9.47 Å². The quantitative estimate of drug-likeness (QED) is 0.599. The van der Waals surface area contributed by atoms with Gasteiger partial charge in [0, 0.05) is 0 Å². The molecule has 0 aromatic rings. The molecule has 1 saturated carbocycles. The molecule has 0 N–H and O–H groups in total. The first-order valence-corrected chi connectivity index (χ1v) is 8.49. The molecule has 2 heteroatoms. The van der Waals surface area contributed by atoms with Gasteiger partial charge >= 0.3 is 0 Å². The lowest BCUT2D eigenvalue weighted by atomic mass is 9.79. The maximum absolute atomic E-state index is 6.48. The Morgan fingerprint density at radius 1 is 0.714 bits per heavy atom. The first-order chi connectivity index (χ1) is 9.68. The second kappa shape index (κ2) is 4.79. The molecule has 3 aliphatic rings. The van der Waals surface area contributed by atoms with Crippen LogP contribution in [0.1, 0.15) is 73.6 Å². The van der Waals surface area contributed by atoms with Gasteiger partial charge in [-0.3, -0.25) is 0 Å². The molecule has 0 bridgehead atoms. The average molecular weight is 290 g/mol. The van der Waals surface area contributed by atoms with E-state index in [1.807, 2.05) is 0 Å². The van der Waals surface area contributed by atoms with Crippen molar-refractivity contribution in [3.05, 3.63) is 22.7 Å². The van der Waals surface area contributed by atoms with Crippen LogP contribution in [-0.2, 0) is 9.47 Å². The minimum absolute atomic E-state index is 0.137. The smallest absolute Gasteiger partial charge is 0.161 e. The summed E-state index contributed by atoms with van der Waals surface area (Å²) in [4.78, 5) is 0. The molecule has 1 aliphatic heterocycles. The molecule has 2 aliphatic carbocycles. The second-order valence-electron chi connectivity index (χ2n) is 8.89. The van der Waals surface area contributed by atoms with E-state index in [0.717, 1.165) is 30.8 Å². The van der Waals surface area contributed by atoms with Gasteiger partial charge in [-0.2, -0.15) is 0 Å². The molecule has 2 nitrogen and oxygen atoms in total. The minimum Gasteiger partial charge on any atom is -0.483 e. The first kappa shape index (κ1) is 15.0. The Labute approximate surface area is 129 Å². The third-order valence-electron chi connectivity index (χ3n) is 5.10. The Morgan fingerprint density at radius 2 is 1.10 bits per heavy atom. The van der Waals surface area contributed by atoms with Gasteiger partial charge in [-0.25, -0.2) is 0 Å². The number of rotatable bonds is 0. The van der Waals surface area contributed by atoms with Crippen LogP contribution in [0, 0.1) is 10.8 Å². The van der Waals surface area contributed by atoms with Gasteiger partial charge in [0.1, 0.15) is 12.2 Å². The lowest BCUT2D eigenvalue weighted by molar-refractivity contribution is -0.0884. The van der Waals surface area contributed by atoms with E-state index in [9.17, 15) is 0 Å². The van der Waals surface area contributed by atoms with Gasteiger partial charge in [0.15, 0.2) is 11.5 Å². The van der Waals surface area contributed by atoms with Crippen molar-refractivity contribution in [2.24, 2.45) is 10.8 Å². The van der Waals surface area contributed by atoms with Crippen molar-refractivity contribution in [2.45, 2.75) is 85.9 Å². The van der Waals surface area contributed by atoms with Crippen LogP contribution < -0.4 is 0 Å². The van der Waals surface area contributed by atoms with Gasteiger partial charge in [0.2, 0.25) is 0 Å². The molecule has 1 heterocycles. The molecular formula is C19H30O2. The minimum atomic E-state index is 0.137. The van der Waals surface area contributed by atoms with E-state index in [1.165, 1.54) is 24.0 Å². The second-order valence-corrected chi connectivity index (χ2v) is 8.89. The van der Waals surface area contributed by atoms with Crippen LogP contribution in [0.3, 0.4) is 0 Å². The van der Waals surface area contributed by atoms with Crippen molar-refractivity contribution in [1.82, 2.24) is 0 Å². The normalized spacial score (nSPS) is 29.8. The van der Waals surface area contributed by atoms with E-state index >= 15 is 0 Å². The van der Waals surface area contributed by atoms with Gasteiger partial charge in [0.05, 0.1) is 0 Å². The molecule has 1 saturated heterocycles. The fourth-order valence-corrected chi connectivity index (χ4v) is 3.71. The zero-order chi connectivity index (χ0) is 15.4. The SMILES string of the molecule is CC(C)(C)C1=C2OC3CCCCC3OC2=C(C(C)(C)C)C1. The van der Waals surface area contributed by atoms with Crippen molar-refractivity contribution in [3.63, 3.8) is 0 Å². The zero-order valence-corrected chi connectivity index (χ0v) is 14.5.